The van der Waals surface area contributed by atoms with Crippen LogP contribution in [0.15, 0.2) is 24.3 Å². The van der Waals surface area contributed by atoms with E-state index in [2.05, 4.69) is 34.5 Å². The maximum atomic E-state index is 12.8. The predicted molar refractivity (Wildman–Crippen MR) is 120 cm³/mol. The number of likely N-dealkylation sites (tertiary alicyclic amines) is 1. The molecule has 2 heterocycles. The molecule has 0 aliphatic carbocycles. The number of nitrogens with zero attached hydrogens (tertiary/aromatic N) is 2. The molecule has 168 valence electrons. The summed E-state index contributed by atoms with van der Waals surface area (Å²) in [5.41, 5.74) is 2.35. The van der Waals surface area contributed by atoms with Gasteiger partial charge >= 0.3 is 0 Å². The highest BCUT2D eigenvalue weighted by atomic mass is 32.2. The zero-order valence-electron chi connectivity index (χ0n) is 18.3. The lowest BCUT2D eigenvalue weighted by Crippen LogP contribution is -2.52. The normalized spacial score (nSPS) is 21.8. The van der Waals surface area contributed by atoms with Crippen LogP contribution in [0.2, 0.25) is 0 Å². The quantitative estimate of drug-likeness (QED) is 0.680. The molecule has 1 atom stereocenters. The van der Waals surface area contributed by atoms with E-state index in [4.69, 9.17) is 0 Å². The summed E-state index contributed by atoms with van der Waals surface area (Å²) in [6.07, 6.45) is 8.14. The Bertz CT molecular complexity index is 771. The van der Waals surface area contributed by atoms with E-state index in [9.17, 15) is 13.2 Å². The molecule has 30 heavy (non-hydrogen) atoms. The Kier molecular flexibility index (Phi) is 8.72. The van der Waals surface area contributed by atoms with Gasteiger partial charge in [-0.1, -0.05) is 50.5 Å². The number of nitrogens with one attached hydrogen (secondary N) is 1. The summed E-state index contributed by atoms with van der Waals surface area (Å²) < 4.78 is 26.5. The molecule has 1 unspecified atom stereocenters. The number of carbonyl (C=O) groups is 1. The molecule has 0 spiro atoms. The van der Waals surface area contributed by atoms with Gasteiger partial charge in [0.2, 0.25) is 15.9 Å². The van der Waals surface area contributed by atoms with Crippen molar-refractivity contribution in [2.45, 2.75) is 77.4 Å². The van der Waals surface area contributed by atoms with Gasteiger partial charge in [0, 0.05) is 19.6 Å². The first kappa shape index (κ1) is 23.2. The molecule has 2 aliphatic rings. The molecule has 0 aromatic heterocycles. The lowest BCUT2D eigenvalue weighted by molar-refractivity contribution is -0.125. The van der Waals surface area contributed by atoms with Crippen molar-refractivity contribution >= 4 is 15.9 Å². The van der Waals surface area contributed by atoms with Gasteiger partial charge < -0.3 is 5.32 Å². The molecule has 2 aliphatic heterocycles. The predicted octanol–water partition coefficient (Wildman–Crippen LogP) is 3.27. The van der Waals surface area contributed by atoms with Crippen LogP contribution in [0.3, 0.4) is 0 Å². The van der Waals surface area contributed by atoms with Crippen LogP contribution in [0.4, 0.5) is 0 Å². The molecule has 7 heteroatoms. The number of rotatable bonds is 8. The molecule has 1 amide bonds. The molecule has 2 saturated heterocycles. The largest absolute Gasteiger partial charge is 0.351 e. The van der Waals surface area contributed by atoms with Crippen LogP contribution in [0.5, 0.6) is 0 Å². The summed E-state index contributed by atoms with van der Waals surface area (Å²) >= 11 is 0. The molecule has 0 radical (unpaired) electrons. The van der Waals surface area contributed by atoms with Gasteiger partial charge in [0.1, 0.15) is 6.04 Å². The Morgan fingerprint density at radius 2 is 1.60 bits per heavy atom. The van der Waals surface area contributed by atoms with Gasteiger partial charge in [0.15, 0.2) is 0 Å². The highest BCUT2D eigenvalue weighted by Crippen LogP contribution is 2.22. The van der Waals surface area contributed by atoms with Gasteiger partial charge in [-0.2, -0.15) is 4.31 Å². The summed E-state index contributed by atoms with van der Waals surface area (Å²) in [5.74, 6) is -0.0713. The minimum absolute atomic E-state index is 0.106. The molecule has 0 saturated carbocycles. The van der Waals surface area contributed by atoms with E-state index in [0.717, 1.165) is 24.9 Å². The highest BCUT2D eigenvalue weighted by molar-refractivity contribution is 7.89. The third kappa shape index (κ3) is 6.53. The summed E-state index contributed by atoms with van der Waals surface area (Å²) in [6, 6.07) is 7.85. The standard InChI is InChI=1S/C23H37N3O3S/c1-2-17-30(28,29)26-16-8-5-9-22(26)23(27)24-18-20-10-12-21(13-11-20)19-25-14-6-3-4-7-15-25/h10-13,22H,2-9,14-19H2,1H3,(H,24,27). The molecule has 0 bridgehead atoms. The van der Waals surface area contributed by atoms with E-state index < -0.39 is 16.1 Å². The number of amides is 1. The number of carbonyl (C=O) groups excluding carboxylic acids is 1. The second kappa shape index (κ2) is 11.3. The Balaban J connectivity index is 1.53. The first-order chi connectivity index (χ1) is 14.5. The third-order valence-electron chi connectivity index (χ3n) is 6.17. The Morgan fingerprint density at radius 1 is 0.967 bits per heavy atom. The molecule has 2 fully saturated rings. The summed E-state index contributed by atoms with van der Waals surface area (Å²) in [5, 5.41) is 2.97. The maximum Gasteiger partial charge on any atom is 0.238 e. The van der Waals surface area contributed by atoms with E-state index in [1.165, 1.54) is 48.6 Å². The number of hydrogen-bond donors (Lipinski definition) is 1. The maximum absolute atomic E-state index is 12.8. The molecule has 1 aromatic carbocycles. The summed E-state index contributed by atoms with van der Waals surface area (Å²) in [4.78, 5) is 15.3. The van der Waals surface area contributed by atoms with E-state index in [-0.39, 0.29) is 11.7 Å². The van der Waals surface area contributed by atoms with Crippen LogP contribution in [0.25, 0.3) is 0 Å². The van der Waals surface area contributed by atoms with Gasteiger partial charge in [-0.15, -0.1) is 0 Å². The topological polar surface area (TPSA) is 69.7 Å². The smallest absolute Gasteiger partial charge is 0.238 e. The van der Waals surface area contributed by atoms with Crippen LogP contribution >= 0.6 is 0 Å². The van der Waals surface area contributed by atoms with E-state index in [1.807, 2.05) is 6.92 Å². The Labute approximate surface area is 182 Å². The van der Waals surface area contributed by atoms with Crippen molar-refractivity contribution in [1.82, 2.24) is 14.5 Å². The number of sulfonamides is 1. The SMILES string of the molecule is CCCS(=O)(=O)N1CCCCC1C(=O)NCc1ccc(CN2CCCCCC2)cc1. The first-order valence-corrected chi connectivity index (χ1v) is 13.2. The van der Waals surface area contributed by atoms with Gasteiger partial charge in [-0.3, -0.25) is 9.69 Å². The van der Waals surface area contributed by atoms with Gasteiger partial charge in [-0.05, 0) is 56.3 Å². The average Bonchev–Trinajstić information content (AvgIpc) is 3.02. The van der Waals surface area contributed by atoms with Gasteiger partial charge in [-0.25, -0.2) is 8.42 Å². The minimum Gasteiger partial charge on any atom is -0.351 e. The molecular formula is C23H37N3O3S. The second-order valence-corrected chi connectivity index (χ2v) is 10.7. The van der Waals surface area contributed by atoms with Crippen LogP contribution in [-0.2, 0) is 27.9 Å². The van der Waals surface area contributed by atoms with Crippen molar-refractivity contribution in [3.8, 4) is 0 Å². The zero-order chi connectivity index (χ0) is 21.4. The summed E-state index contributed by atoms with van der Waals surface area (Å²) in [7, 11) is -3.37. The minimum atomic E-state index is -3.37. The van der Waals surface area contributed by atoms with E-state index in [0.29, 0.717) is 25.9 Å². The Morgan fingerprint density at radius 3 is 2.27 bits per heavy atom. The molecule has 1 N–H and O–H groups in total. The van der Waals surface area contributed by atoms with Crippen LogP contribution < -0.4 is 5.32 Å². The molecule has 3 rings (SSSR count). The van der Waals surface area contributed by atoms with Gasteiger partial charge in [0.05, 0.1) is 5.75 Å². The number of hydrogen-bond acceptors (Lipinski definition) is 4. The zero-order valence-corrected chi connectivity index (χ0v) is 19.1. The van der Waals surface area contributed by atoms with Crippen molar-refractivity contribution < 1.29 is 13.2 Å². The fraction of sp³-hybridized carbons (Fsp3) is 0.696. The molecule has 1 aromatic rings. The van der Waals surface area contributed by atoms with Crippen molar-refractivity contribution in [1.29, 1.82) is 0 Å². The van der Waals surface area contributed by atoms with E-state index in [1.54, 1.807) is 0 Å². The summed E-state index contributed by atoms with van der Waals surface area (Å²) in [6.45, 7) is 6.08. The number of piperidine rings is 1. The van der Waals surface area contributed by atoms with Crippen molar-refractivity contribution in [3.05, 3.63) is 35.4 Å². The lowest BCUT2D eigenvalue weighted by Gasteiger charge is -2.33. The fourth-order valence-corrected chi connectivity index (χ4v) is 6.24. The van der Waals surface area contributed by atoms with Crippen LogP contribution in [0, 0.1) is 0 Å². The van der Waals surface area contributed by atoms with Crippen molar-refractivity contribution in [2.24, 2.45) is 0 Å². The fourth-order valence-electron chi connectivity index (χ4n) is 4.50. The third-order valence-corrected chi connectivity index (χ3v) is 8.25. The second-order valence-electron chi connectivity index (χ2n) is 8.66. The molecule has 6 nitrogen and oxygen atoms in total. The first-order valence-electron chi connectivity index (χ1n) is 11.6. The number of benzene rings is 1. The van der Waals surface area contributed by atoms with Crippen LogP contribution in [-0.4, -0.2) is 55.0 Å². The Hall–Kier alpha value is -1.44. The van der Waals surface area contributed by atoms with Crippen LogP contribution in [0.1, 0.15) is 69.4 Å². The monoisotopic (exact) mass is 435 g/mol. The highest BCUT2D eigenvalue weighted by Gasteiger charge is 2.35. The lowest BCUT2D eigenvalue weighted by atomic mass is 10.0. The van der Waals surface area contributed by atoms with E-state index >= 15 is 0 Å². The van der Waals surface area contributed by atoms with Crippen molar-refractivity contribution in [3.63, 3.8) is 0 Å². The van der Waals surface area contributed by atoms with Crippen molar-refractivity contribution in [2.75, 3.05) is 25.4 Å². The average molecular weight is 436 g/mol. The van der Waals surface area contributed by atoms with Gasteiger partial charge in [0.25, 0.3) is 0 Å². The molecular weight excluding hydrogens is 398 g/mol.